The molecule has 35 heavy (non-hydrogen) atoms. The average Bonchev–Trinajstić information content (AvgIpc) is 2.80. The zero-order valence-electron chi connectivity index (χ0n) is 20.4. The third-order valence-electron chi connectivity index (χ3n) is 4.56. The number of alkyl carbamates (subject to hydrolysis) is 1. The number of ether oxygens (including phenoxy) is 3. The lowest BCUT2D eigenvalue weighted by Gasteiger charge is -2.23. The summed E-state index contributed by atoms with van der Waals surface area (Å²) in [7, 11) is 0. The van der Waals surface area contributed by atoms with Crippen LogP contribution in [0.2, 0.25) is 0 Å². The van der Waals surface area contributed by atoms with Gasteiger partial charge >= 0.3 is 18.0 Å². The molecule has 0 aliphatic carbocycles. The number of carbonyl (C=O) groups is 4. The van der Waals surface area contributed by atoms with Crippen LogP contribution in [-0.4, -0.2) is 41.6 Å². The second-order valence-corrected chi connectivity index (χ2v) is 8.87. The Labute approximate surface area is 205 Å². The first-order valence-corrected chi connectivity index (χ1v) is 11.2. The third kappa shape index (κ3) is 10.7. The van der Waals surface area contributed by atoms with Crippen molar-refractivity contribution in [3.8, 4) is 0 Å². The zero-order valence-corrected chi connectivity index (χ0v) is 20.4. The molecule has 0 aromatic heterocycles. The van der Waals surface area contributed by atoms with Gasteiger partial charge in [0.25, 0.3) is 0 Å². The van der Waals surface area contributed by atoms with Crippen LogP contribution in [0.15, 0.2) is 60.7 Å². The second kappa shape index (κ2) is 13.1. The molecule has 9 heteroatoms. The summed E-state index contributed by atoms with van der Waals surface area (Å²) in [6, 6.07) is 15.7. The normalized spacial score (nSPS) is 12.6. The summed E-state index contributed by atoms with van der Waals surface area (Å²) >= 11 is 0. The van der Waals surface area contributed by atoms with Gasteiger partial charge in [0.2, 0.25) is 5.91 Å². The molecule has 9 nitrogen and oxygen atoms in total. The van der Waals surface area contributed by atoms with Crippen LogP contribution in [0.25, 0.3) is 0 Å². The van der Waals surface area contributed by atoms with E-state index in [-0.39, 0.29) is 13.2 Å². The maximum Gasteiger partial charge on any atom is 0.408 e. The fourth-order valence-electron chi connectivity index (χ4n) is 2.83. The molecule has 188 valence electrons. The van der Waals surface area contributed by atoms with Crippen molar-refractivity contribution in [2.45, 2.75) is 65.0 Å². The van der Waals surface area contributed by atoms with Crippen molar-refractivity contribution in [2.75, 3.05) is 0 Å². The number of carbonyl (C=O) groups excluding carboxylic acids is 4. The van der Waals surface area contributed by atoms with Gasteiger partial charge in [-0.25, -0.2) is 9.59 Å². The molecule has 2 amide bonds. The Hall–Kier alpha value is -3.88. The quantitative estimate of drug-likeness (QED) is 0.392. The van der Waals surface area contributed by atoms with E-state index in [2.05, 4.69) is 10.6 Å². The molecule has 2 N–H and O–H groups in total. The maximum absolute atomic E-state index is 12.7. The van der Waals surface area contributed by atoms with Crippen molar-refractivity contribution in [1.82, 2.24) is 10.6 Å². The number of benzene rings is 2. The van der Waals surface area contributed by atoms with E-state index < -0.39 is 48.0 Å². The van der Waals surface area contributed by atoms with Gasteiger partial charge in [-0.3, -0.25) is 9.59 Å². The average molecular weight is 485 g/mol. The molecule has 0 aliphatic heterocycles. The van der Waals surface area contributed by atoms with E-state index in [1.165, 1.54) is 6.92 Å². The van der Waals surface area contributed by atoms with E-state index in [0.29, 0.717) is 0 Å². The van der Waals surface area contributed by atoms with Crippen LogP contribution >= 0.6 is 0 Å². The van der Waals surface area contributed by atoms with Crippen LogP contribution in [0, 0.1) is 0 Å². The standard InChI is InChI=1S/C26H32N2O7/c1-18(27-25(32)35-26(2,3)4)23(30)28-21(24(31)34-17-20-13-9-6-10-14-20)15-22(29)33-16-19-11-7-5-8-12-19/h5-14,18,21H,15-17H2,1-4H3,(H,27,32)(H,28,30)/t18-,21-/m0/s1. The van der Waals surface area contributed by atoms with Crippen LogP contribution < -0.4 is 10.6 Å². The Kier molecular flexibility index (Phi) is 10.3. The highest BCUT2D eigenvalue weighted by Gasteiger charge is 2.29. The molecule has 2 aromatic rings. The zero-order chi connectivity index (χ0) is 25.8. The molecule has 0 heterocycles. The van der Waals surface area contributed by atoms with Crippen molar-refractivity contribution in [1.29, 1.82) is 0 Å². The Morgan fingerprint density at radius 2 is 1.31 bits per heavy atom. The SMILES string of the molecule is C[C@H](NC(=O)OC(C)(C)C)C(=O)N[C@@H](CC(=O)OCc1ccccc1)C(=O)OCc1ccccc1. The summed E-state index contributed by atoms with van der Waals surface area (Å²) in [6.07, 6.45) is -1.23. The summed E-state index contributed by atoms with van der Waals surface area (Å²) in [5, 5.41) is 4.86. The number of hydrogen-bond acceptors (Lipinski definition) is 7. The molecule has 0 bridgehead atoms. The first kappa shape index (κ1) is 27.4. The molecule has 0 saturated heterocycles. The van der Waals surface area contributed by atoms with Gasteiger partial charge in [0.1, 0.15) is 30.9 Å². The number of hydrogen-bond donors (Lipinski definition) is 2. The van der Waals surface area contributed by atoms with Crippen LogP contribution in [0.1, 0.15) is 45.2 Å². The first-order chi connectivity index (χ1) is 16.5. The molecule has 2 aromatic carbocycles. The highest BCUT2D eigenvalue weighted by molar-refractivity contribution is 5.91. The van der Waals surface area contributed by atoms with E-state index in [4.69, 9.17) is 14.2 Å². The predicted octanol–water partition coefficient (Wildman–Crippen LogP) is 3.26. The first-order valence-electron chi connectivity index (χ1n) is 11.2. The van der Waals surface area contributed by atoms with E-state index in [0.717, 1.165) is 11.1 Å². The lowest BCUT2D eigenvalue weighted by Crippen LogP contribution is -2.52. The van der Waals surface area contributed by atoms with Crippen molar-refractivity contribution < 1.29 is 33.4 Å². The van der Waals surface area contributed by atoms with Crippen molar-refractivity contribution in [2.24, 2.45) is 0 Å². The highest BCUT2D eigenvalue weighted by atomic mass is 16.6. The van der Waals surface area contributed by atoms with E-state index in [1.807, 2.05) is 24.3 Å². The van der Waals surface area contributed by atoms with Gasteiger partial charge in [0, 0.05) is 0 Å². The summed E-state index contributed by atoms with van der Waals surface area (Å²) in [5.41, 5.74) is 0.785. The molecule has 0 spiro atoms. The summed E-state index contributed by atoms with van der Waals surface area (Å²) in [6.45, 7) is 6.50. The fourth-order valence-corrected chi connectivity index (χ4v) is 2.83. The smallest absolute Gasteiger partial charge is 0.408 e. The van der Waals surface area contributed by atoms with E-state index >= 15 is 0 Å². The number of rotatable bonds is 10. The fraction of sp³-hybridized carbons (Fsp3) is 0.385. The molecular formula is C26H32N2O7. The molecule has 0 radical (unpaired) electrons. The second-order valence-electron chi connectivity index (χ2n) is 8.87. The van der Waals surface area contributed by atoms with Crippen LogP contribution in [0.3, 0.4) is 0 Å². The van der Waals surface area contributed by atoms with E-state index in [9.17, 15) is 19.2 Å². The van der Waals surface area contributed by atoms with Crippen molar-refractivity contribution in [3.63, 3.8) is 0 Å². The van der Waals surface area contributed by atoms with Crippen molar-refractivity contribution in [3.05, 3.63) is 71.8 Å². The topological polar surface area (TPSA) is 120 Å². The van der Waals surface area contributed by atoms with Gasteiger partial charge in [-0.05, 0) is 38.8 Å². The predicted molar refractivity (Wildman–Crippen MR) is 128 cm³/mol. The molecule has 0 fully saturated rings. The van der Waals surface area contributed by atoms with Gasteiger partial charge in [-0.15, -0.1) is 0 Å². The van der Waals surface area contributed by atoms with Gasteiger partial charge in [-0.1, -0.05) is 60.7 Å². The van der Waals surface area contributed by atoms with Gasteiger partial charge < -0.3 is 24.8 Å². The lowest BCUT2D eigenvalue weighted by molar-refractivity contribution is -0.155. The highest BCUT2D eigenvalue weighted by Crippen LogP contribution is 2.09. The molecule has 0 aliphatic rings. The summed E-state index contributed by atoms with van der Waals surface area (Å²) in [5.74, 6) is -2.18. The largest absolute Gasteiger partial charge is 0.461 e. The minimum atomic E-state index is -1.31. The summed E-state index contributed by atoms with van der Waals surface area (Å²) < 4.78 is 15.7. The molecule has 0 saturated carbocycles. The van der Waals surface area contributed by atoms with Gasteiger partial charge in [-0.2, -0.15) is 0 Å². The van der Waals surface area contributed by atoms with Gasteiger partial charge in [0.05, 0.1) is 6.42 Å². The monoisotopic (exact) mass is 484 g/mol. The number of nitrogens with one attached hydrogen (secondary N) is 2. The third-order valence-corrected chi connectivity index (χ3v) is 4.56. The Morgan fingerprint density at radius 3 is 1.83 bits per heavy atom. The number of amides is 2. The Bertz CT molecular complexity index is 988. The van der Waals surface area contributed by atoms with Crippen LogP contribution in [0.5, 0.6) is 0 Å². The molecular weight excluding hydrogens is 452 g/mol. The Morgan fingerprint density at radius 1 is 0.800 bits per heavy atom. The maximum atomic E-state index is 12.7. The van der Waals surface area contributed by atoms with E-state index in [1.54, 1.807) is 57.2 Å². The summed E-state index contributed by atoms with van der Waals surface area (Å²) in [4.78, 5) is 49.8. The minimum Gasteiger partial charge on any atom is -0.461 e. The molecule has 0 unspecified atom stereocenters. The molecule has 2 rings (SSSR count). The van der Waals surface area contributed by atoms with Gasteiger partial charge in [0.15, 0.2) is 0 Å². The minimum absolute atomic E-state index is 0.0238. The Balaban J connectivity index is 2.00. The van der Waals surface area contributed by atoms with Crippen molar-refractivity contribution >= 4 is 23.9 Å². The number of esters is 2. The lowest BCUT2D eigenvalue weighted by atomic mass is 10.2. The van der Waals surface area contributed by atoms with Crippen LogP contribution in [0.4, 0.5) is 4.79 Å². The van der Waals surface area contributed by atoms with Crippen LogP contribution in [-0.2, 0) is 41.8 Å². The molecule has 2 atom stereocenters.